The van der Waals surface area contributed by atoms with Crippen LogP contribution >= 0.6 is 22.2 Å². The van der Waals surface area contributed by atoms with Crippen molar-refractivity contribution in [1.29, 1.82) is 0 Å². The standard InChI is InChI=1S/2C10H15.C2H6Cl2Si.Zr/c2*1-8-5-6-9(7-8)10(2,3)4;1-5(2,3)4;/h2*7H,6H2,1-4H3;1-2H3;/q2*-1;;+2. The fourth-order valence-corrected chi connectivity index (χ4v) is 2.16. The van der Waals surface area contributed by atoms with Gasteiger partial charge in [-0.15, -0.1) is 35.0 Å². The molecule has 26 heavy (non-hydrogen) atoms. The zero-order chi connectivity index (χ0) is 20.1. The molecule has 2 rings (SSSR count). The maximum Gasteiger partial charge on any atom is 2.00 e. The Balaban J connectivity index is 0. The molecule has 0 atom stereocenters. The van der Waals surface area contributed by atoms with Crippen LogP contribution in [0.4, 0.5) is 0 Å². The summed E-state index contributed by atoms with van der Waals surface area (Å²) in [5, 5.41) is 0. The molecule has 0 heterocycles. The van der Waals surface area contributed by atoms with Crippen molar-refractivity contribution in [1.82, 2.24) is 0 Å². The van der Waals surface area contributed by atoms with Gasteiger partial charge in [0.1, 0.15) is 0 Å². The maximum atomic E-state index is 5.43. The molecule has 0 saturated heterocycles. The summed E-state index contributed by atoms with van der Waals surface area (Å²) >= 11 is 10.9. The van der Waals surface area contributed by atoms with Crippen molar-refractivity contribution >= 4 is 28.9 Å². The van der Waals surface area contributed by atoms with E-state index in [4.69, 9.17) is 22.2 Å². The second-order valence-corrected chi connectivity index (χ2v) is 18.1. The van der Waals surface area contributed by atoms with Crippen LogP contribution < -0.4 is 0 Å². The van der Waals surface area contributed by atoms with Gasteiger partial charge in [0.15, 0.2) is 0 Å². The molecule has 0 saturated carbocycles. The summed E-state index contributed by atoms with van der Waals surface area (Å²) in [4.78, 5) is 0. The van der Waals surface area contributed by atoms with Gasteiger partial charge in [-0.25, -0.2) is 23.3 Å². The smallest absolute Gasteiger partial charge is 0.269 e. The number of halogens is 2. The first-order chi connectivity index (χ1) is 11.0. The normalized spacial score (nSPS) is 16.8. The van der Waals surface area contributed by atoms with Gasteiger partial charge in [0.05, 0.1) is 0 Å². The summed E-state index contributed by atoms with van der Waals surface area (Å²) in [5.41, 5.74) is 6.28. The molecular weight excluding hydrogens is 454 g/mol. The van der Waals surface area contributed by atoms with Crippen molar-refractivity contribution in [3.8, 4) is 0 Å². The Morgan fingerprint density at radius 3 is 1.08 bits per heavy atom. The quantitative estimate of drug-likeness (QED) is 0.182. The molecule has 0 N–H and O–H groups in total. The topological polar surface area (TPSA) is 0 Å². The molecule has 2 aliphatic carbocycles. The van der Waals surface area contributed by atoms with E-state index in [0.717, 1.165) is 12.8 Å². The van der Waals surface area contributed by atoms with E-state index in [1.165, 1.54) is 22.3 Å². The van der Waals surface area contributed by atoms with Crippen molar-refractivity contribution < 1.29 is 26.2 Å². The van der Waals surface area contributed by atoms with Crippen LogP contribution in [0, 0.1) is 23.0 Å². The molecular formula is C22H36Cl2SiZr. The Kier molecular flexibility index (Phi) is 12.9. The van der Waals surface area contributed by atoms with E-state index in [-0.39, 0.29) is 26.2 Å². The predicted molar refractivity (Wildman–Crippen MR) is 118 cm³/mol. The third-order valence-electron chi connectivity index (χ3n) is 3.82. The maximum absolute atomic E-state index is 5.43. The monoisotopic (exact) mass is 488 g/mol. The minimum Gasteiger partial charge on any atom is -0.269 e. The molecule has 0 amide bonds. The first-order valence-corrected chi connectivity index (χ1v) is 14.0. The minimum absolute atomic E-state index is 0. The fourth-order valence-electron chi connectivity index (χ4n) is 2.16. The first kappa shape index (κ1) is 28.8. The van der Waals surface area contributed by atoms with Crippen LogP contribution in [-0.4, -0.2) is 6.69 Å². The molecule has 2 aliphatic rings. The van der Waals surface area contributed by atoms with Gasteiger partial charge >= 0.3 is 26.2 Å². The van der Waals surface area contributed by atoms with Gasteiger partial charge in [-0.05, 0) is 23.9 Å². The summed E-state index contributed by atoms with van der Waals surface area (Å²) in [6.45, 7) is 19.8. The molecule has 0 nitrogen and oxygen atoms in total. The van der Waals surface area contributed by atoms with Crippen LogP contribution in [0.5, 0.6) is 0 Å². The largest absolute Gasteiger partial charge is 2.00 e. The molecule has 0 aromatic rings. The summed E-state index contributed by atoms with van der Waals surface area (Å²) in [6.07, 6.45) is 13.2. The Morgan fingerprint density at radius 1 is 0.769 bits per heavy atom. The Hall–Kier alpha value is 0.640. The zero-order valence-electron chi connectivity index (χ0n) is 18.3. The van der Waals surface area contributed by atoms with Crippen LogP contribution in [0.2, 0.25) is 13.1 Å². The number of rotatable bonds is 0. The molecule has 0 aliphatic heterocycles. The van der Waals surface area contributed by atoms with Gasteiger partial charge in [0.25, 0.3) is 0 Å². The van der Waals surface area contributed by atoms with Crippen LogP contribution in [0.15, 0.2) is 34.4 Å². The molecule has 0 bridgehead atoms. The second kappa shape index (κ2) is 11.6. The van der Waals surface area contributed by atoms with Crippen molar-refractivity contribution in [2.45, 2.75) is 81.3 Å². The average Bonchev–Trinajstić information content (AvgIpc) is 2.95. The Labute approximate surface area is 192 Å². The minimum atomic E-state index is -1.67. The predicted octanol–water partition coefficient (Wildman–Crippen LogP) is 8.39. The molecule has 146 valence electrons. The van der Waals surface area contributed by atoms with E-state index < -0.39 is 6.69 Å². The molecule has 0 aromatic carbocycles. The van der Waals surface area contributed by atoms with Crippen LogP contribution in [-0.2, 0) is 26.2 Å². The van der Waals surface area contributed by atoms with Crippen LogP contribution in [0.3, 0.4) is 0 Å². The third-order valence-corrected chi connectivity index (χ3v) is 3.82. The summed E-state index contributed by atoms with van der Waals surface area (Å²) < 4.78 is 0. The molecule has 0 unspecified atom stereocenters. The number of allylic oxidation sites excluding steroid dienone is 8. The van der Waals surface area contributed by atoms with Crippen molar-refractivity contribution in [3.63, 3.8) is 0 Å². The van der Waals surface area contributed by atoms with Gasteiger partial charge < -0.3 is 0 Å². The van der Waals surface area contributed by atoms with Crippen molar-refractivity contribution in [2.75, 3.05) is 0 Å². The molecule has 0 fully saturated rings. The van der Waals surface area contributed by atoms with Crippen molar-refractivity contribution in [3.05, 3.63) is 46.6 Å². The van der Waals surface area contributed by atoms with Gasteiger partial charge in [-0.2, -0.15) is 11.1 Å². The molecule has 0 radical (unpaired) electrons. The van der Waals surface area contributed by atoms with E-state index in [1.54, 1.807) is 0 Å². The van der Waals surface area contributed by atoms with Gasteiger partial charge in [-0.1, -0.05) is 55.4 Å². The zero-order valence-corrected chi connectivity index (χ0v) is 23.3. The van der Waals surface area contributed by atoms with Gasteiger partial charge in [-0.3, -0.25) is 12.2 Å². The van der Waals surface area contributed by atoms with E-state index in [2.05, 4.69) is 79.7 Å². The summed E-state index contributed by atoms with van der Waals surface area (Å²) in [7, 11) is 0. The summed E-state index contributed by atoms with van der Waals surface area (Å²) in [6, 6.07) is 0. The third kappa shape index (κ3) is 14.7. The molecule has 0 spiro atoms. The molecule has 4 heteroatoms. The Morgan fingerprint density at radius 2 is 1.00 bits per heavy atom. The van der Waals surface area contributed by atoms with Crippen LogP contribution in [0.25, 0.3) is 0 Å². The fraction of sp³-hybridized carbons (Fsp3) is 0.636. The Bertz CT molecular complexity index is 510. The average molecular weight is 491 g/mol. The number of hydrogen-bond donors (Lipinski definition) is 0. The van der Waals surface area contributed by atoms with E-state index in [1.807, 2.05) is 13.1 Å². The van der Waals surface area contributed by atoms with Crippen LogP contribution in [0.1, 0.15) is 68.2 Å². The first-order valence-electron chi connectivity index (χ1n) is 8.95. The SMILES string of the molecule is CC1=[C-]CC(C(C)(C)C)=C1.CC1=[C-]CC(C(C)(C)C)=C1.C[Si](C)(Cl)Cl.[Zr+2]. The van der Waals surface area contributed by atoms with E-state index >= 15 is 0 Å². The van der Waals surface area contributed by atoms with Gasteiger partial charge in [0, 0.05) is 0 Å². The summed E-state index contributed by atoms with van der Waals surface area (Å²) in [5.74, 6) is 0. The van der Waals surface area contributed by atoms with Crippen molar-refractivity contribution in [2.24, 2.45) is 10.8 Å². The number of hydrogen-bond acceptors (Lipinski definition) is 0. The molecule has 0 aromatic heterocycles. The van der Waals surface area contributed by atoms with E-state index in [9.17, 15) is 0 Å². The van der Waals surface area contributed by atoms with E-state index in [0.29, 0.717) is 10.8 Å². The van der Waals surface area contributed by atoms with Gasteiger partial charge in [0.2, 0.25) is 6.69 Å². The second-order valence-electron chi connectivity index (χ2n) is 9.24.